The maximum Gasteiger partial charge on any atom is 0.410 e. The Morgan fingerprint density at radius 1 is 1.23 bits per heavy atom. The van der Waals surface area contributed by atoms with Gasteiger partial charge < -0.3 is 9.64 Å². The highest BCUT2D eigenvalue weighted by Crippen LogP contribution is 2.18. The van der Waals surface area contributed by atoms with Crippen molar-refractivity contribution in [3.05, 3.63) is 35.9 Å². The monoisotopic (exact) mass is 304 g/mol. The minimum atomic E-state index is -0.448. The summed E-state index contributed by atoms with van der Waals surface area (Å²) in [6, 6.07) is 10.5. The normalized spacial score (nSPS) is 20.0. The largest absolute Gasteiger partial charge is 0.444 e. The zero-order valence-corrected chi connectivity index (χ0v) is 14.2. The van der Waals surface area contributed by atoms with Crippen LogP contribution >= 0.6 is 0 Å². The molecule has 1 aliphatic heterocycles. The van der Waals surface area contributed by atoms with Gasteiger partial charge in [0.2, 0.25) is 0 Å². The zero-order chi connectivity index (χ0) is 16.2. The van der Waals surface area contributed by atoms with Crippen LogP contribution in [0.2, 0.25) is 0 Å². The molecule has 1 aliphatic rings. The van der Waals surface area contributed by atoms with Gasteiger partial charge in [-0.3, -0.25) is 4.90 Å². The standard InChI is InChI=1S/C18H28N2O2/c1-5-19-11-12-20(17(21)22-18(2,3)4)16(14-19)13-15-9-7-6-8-10-15/h6-10,16H,5,11-14H2,1-4H3/t16-/m1/s1. The van der Waals surface area contributed by atoms with Crippen molar-refractivity contribution in [1.82, 2.24) is 9.80 Å². The summed E-state index contributed by atoms with van der Waals surface area (Å²) in [4.78, 5) is 16.8. The first-order valence-electron chi connectivity index (χ1n) is 8.15. The number of benzene rings is 1. The van der Waals surface area contributed by atoms with Gasteiger partial charge in [-0.2, -0.15) is 0 Å². The van der Waals surface area contributed by atoms with Crippen LogP contribution in [0.4, 0.5) is 4.79 Å². The van der Waals surface area contributed by atoms with E-state index in [1.54, 1.807) is 0 Å². The van der Waals surface area contributed by atoms with Gasteiger partial charge in [-0.25, -0.2) is 4.79 Å². The quantitative estimate of drug-likeness (QED) is 0.860. The third kappa shape index (κ3) is 4.73. The van der Waals surface area contributed by atoms with Crippen LogP contribution in [0.1, 0.15) is 33.3 Å². The molecule has 22 heavy (non-hydrogen) atoms. The summed E-state index contributed by atoms with van der Waals surface area (Å²) >= 11 is 0. The minimum Gasteiger partial charge on any atom is -0.444 e. The van der Waals surface area contributed by atoms with Crippen LogP contribution in [0.3, 0.4) is 0 Å². The zero-order valence-electron chi connectivity index (χ0n) is 14.2. The lowest BCUT2D eigenvalue weighted by Crippen LogP contribution is -2.56. The van der Waals surface area contributed by atoms with Crippen LogP contribution in [0.5, 0.6) is 0 Å². The van der Waals surface area contributed by atoms with E-state index >= 15 is 0 Å². The van der Waals surface area contributed by atoms with Crippen LogP contribution in [0, 0.1) is 0 Å². The molecule has 4 nitrogen and oxygen atoms in total. The third-order valence-electron chi connectivity index (χ3n) is 3.96. The second-order valence-corrected chi connectivity index (χ2v) is 6.91. The lowest BCUT2D eigenvalue weighted by molar-refractivity contribution is -0.000702. The van der Waals surface area contributed by atoms with Crippen molar-refractivity contribution in [2.24, 2.45) is 0 Å². The van der Waals surface area contributed by atoms with E-state index in [0.29, 0.717) is 0 Å². The van der Waals surface area contributed by atoms with E-state index in [1.807, 2.05) is 43.9 Å². The number of hydrogen-bond donors (Lipinski definition) is 0. The number of likely N-dealkylation sites (N-methyl/N-ethyl adjacent to an activating group) is 1. The number of rotatable bonds is 3. The molecule has 0 saturated carbocycles. The predicted molar refractivity (Wildman–Crippen MR) is 89.0 cm³/mol. The number of carbonyl (C=O) groups excluding carboxylic acids is 1. The number of carbonyl (C=O) groups is 1. The van der Waals surface area contributed by atoms with Gasteiger partial charge in [-0.1, -0.05) is 37.3 Å². The van der Waals surface area contributed by atoms with E-state index in [0.717, 1.165) is 32.6 Å². The number of ether oxygens (including phenoxy) is 1. The highest BCUT2D eigenvalue weighted by Gasteiger charge is 2.32. The van der Waals surface area contributed by atoms with Crippen LogP contribution in [0.15, 0.2) is 30.3 Å². The molecule has 0 aliphatic carbocycles. The molecule has 1 heterocycles. The Kier molecular flexibility index (Phi) is 5.46. The first-order chi connectivity index (χ1) is 10.4. The minimum absolute atomic E-state index is 0.172. The number of amides is 1. The summed E-state index contributed by atoms with van der Waals surface area (Å²) in [5.41, 5.74) is 0.815. The van der Waals surface area contributed by atoms with Crippen LogP contribution in [-0.2, 0) is 11.2 Å². The molecule has 122 valence electrons. The number of piperazine rings is 1. The van der Waals surface area contributed by atoms with Crippen molar-refractivity contribution >= 4 is 6.09 Å². The first-order valence-corrected chi connectivity index (χ1v) is 8.15. The topological polar surface area (TPSA) is 32.8 Å². The molecule has 0 radical (unpaired) electrons. The highest BCUT2D eigenvalue weighted by molar-refractivity contribution is 5.68. The van der Waals surface area contributed by atoms with Gasteiger partial charge in [0.05, 0.1) is 6.04 Å². The SMILES string of the molecule is CCN1CCN(C(=O)OC(C)(C)C)[C@H](Cc2ccccc2)C1. The summed E-state index contributed by atoms with van der Waals surface area (Å²) in [6.07, 6.45) is 0.681. The average molecular weight is 304 g/mol. The second-order valence-electron chi connectivity index (χ2n) is 6.91. The van der Waals surface area contributed by atoms with Crippen LogP contribution in [0.25, 0.3) is 0 Å². The molecule has 1 fully saturated rings. The van der Waals surface area contributed by atoms with Gasteiger partial charge in [0.15, 0.2) is 0 Å². The second kappa shape index (κ2) is 7.14. The molecule has 4 heteroatoms. The molecule has 0 aromatic heterocycles. The Bertz CT molecular complexity index is 482. The fourth-order valence-corrected chi connectivity index (χ4v) is 2.83. The van der Waals surface area contributed by atoms with Crippen molar-refractivity contribution in [2.45, 2.75) is 45.8 Å². The Labute approximate surface area is 134 Å². The van der Waals surface area contributed by atoms with Gasteiger partial charge in [0, 0.05) is 19.6 Å². The van der Waals surface area contributed by atoms with Gasteiger partial charge in [0.1, 0.15) is 5.60 Å². The Balaban J connectivity index is 2.10. The third-order valence-corrected chi connectivity index (χ3v) is 3.96. The van der Waals surface area contributed by atoms with E-state index in [-0.39, 0.29) is 12.1 Å². The highest BCUT2D eigenvalue weighted by atomic mass is 16.6. The van der Waals surface area contributed by atoms with Gasteiger partial charge >= 0.3 is 6.09 Å². The van der Waals surface area contributed by atoms with Crippen molar-refractivity contribution in [3.63, 3.8) is 0 Å². The lowest BCUT2D eigenvalue weighted by Gasteiger charge is -2.41. The van der Waals surface area contributed by atoms with Crippen molar-refractivity contribution in [1.29, 1.82) is 0 Å². The van der Waals surface area contributed by atoms with Crippen LogP contribution < -0.4 is 0 Å². The molecule has 1 aromatic carbocycles. The predicted octanol–water partition coefficient (Wildman–Crippen LogP) is 3.17. The average Bonchev–Trinajstić information content (AvgIpc) is 2.46. The smallest absolute Gasteiger partial charge is 0.410 e. The molecule has 0 bridgehead atoms. The van der Waals surface area contributed by atoms with Crippen LogP contribution in [-0.4, -0.2) is 53.7 Å². The Morgan fingerprint density at radius 2 is 1.91 bits per heavy atom. The molecular weight excluding hydrogens is 276 g/mol. The summed E-state index contributed by atoms with van der Waals surface area (Å²) in [6.45, 7) is 11.5. The maximum absolute atomic E-state index is 12.5. The molecule has 0 spiro atoms. The molecule has 1 amide bonds. The van der Waals surface area contributed by atoms with E-state index < -0.39 is 5.60 Å². The molecule has 1 aromatic rings. The van der Waals surface area contributed by atoms with Gasteiger partial charge in [0.25, 0.3) is 0 Å². The van der Waals surface area contributed by atoms with E-state index in [9.17, 15) is 4.79 Å². The Hall–Kier alpha value is -1.55. The van der Waals surface area contributed by atoms with Gasteiger partial charge in [-0.05, 0) is 39.3 Å². The summed E-state index contributed by atoms with van der Waals surface area (Å²) in [7, 11) is 0. The molecule has 1 atom stereocenters. The van der Waals surface area contributed by atoms with Crippen molar-refractivity contribution in [2.75, 3.05) is 26.2 Å². The summed E-state index contributed by atoms with van der Waals surface area (Å²) in [5, 5.41) is 0. The molecule has 0 N–H and O–H groups in total. The Morgan fingerprint density at radius 3 is 2.50 bits per heavy atom. The molecule has 1 saturated heterocycles. The van der Waals surface area contributed by atoms with Gasteiger partial charge in [-0.15, -0.1) is 0 Å². The van der Waals surface area contributed by atoms with Crippen molar-refractivity contribution in [3.8, 4) is 0 Å². The van der Waals surface area contributed by atoms with Crippen molar-refractivity contribution < 1.29 is 9.53 Å². The first kappa shape index (κ1) is 16.8. The molecule has 2 rings (SSSR count). The fourth-order valence-electron chi connectivity index (χ4n) is 2.83. The lowest BCUT2D eigenvalue weighted by atomic mass is 10.0. The van der Waals surface area contributed by atoms with E-state index in [4.69, 9.17) is 4.74 Å². The molecular formula is C18H28N2O2. The molecule has 0 unspecified atom stereocenters. The van der Waals surface area contributed by atoms with E-state index in [1.165, 1.54) is 5.56 Å². The number of nitrogens with zero attached hydrogens (tertiary/aromatic N) is 2. The maximum atomic E-state index is 12.5. The van der Waals surface area contributed by atoms with E-state index in [2.05, 4.69) is 24.0 Å². The number of hydrogen-bond acceptors (Lipinski definition) is 3. The fraction of sp³-hybridized carbons (Fsp3) is 0.611. The summed E-state index contributed by atoms with van der Waals surface area (Å²) < 4.78 is 5.58. The summed E-state index contributed by atoms with van der Waals surface area (Å²) in [5.74, 6) is 0.